The lowest BCUT2D eigenvalue weighted by molar-refractivity contribution is -0.141. The van der Waals surface area contributed by atoms with Gasteiger partial charge >= 0.3 is 5.97 Å². The van der Waals surface area contributed by atoms with E-state index in [0.29, 0.717) is 16.8 Å². The van der Waals surface area contributed by atoms with Crippen LogP contribution in [0.25, 0.3) is 0 Å². The van der Waals surface area contributed by atoms with E-state index in [4.69, 9.17) is 5.84 Å². The highest BCUT2D eigenvalue weighted by molar-refractivity contribution is 7.98. The predicted molar refractivity (Wildman–Crippen MR) is 66.7 cm³/mol. The molecule has 17 heavy (non-hydrogen) atoms. The Morgan fingerprint density at radius 3 is 2.71 bits per heavy atom. The summed E-state index contributed by atoms with van der Waals surface area (Å²) in [6.45, 7) is 1.68. The van der Waals surface area contributed by atoms with Crippen LogP contribution in [0.15, 0.2) is 11.2 Å². The summed E-state index contributed by atoms with van der Waals surface area (Å²) in [5.74, 6) is 5.91. The number of thioether (sulfide) groups is 1. The second-order valence-corrected chi connectivity index (χ2v) is 3.93. The Labute approximate surface area is 104 Å². The average molecular weight is 257 g/mol. The van der Waals surface area contributed by atoms with Gasteiger partial charge in [-0.2, -0.15) is 0 Å². The summed E-state index contributed by atoms with van der Waals surface area (Å²) in [6, 6.07) is 1.12. The molecule has 0 saturated carbocycles. The molecule has 0 aromatic carbocycles. The minimum Gasteiger partial charge on any atom is -0.467 e. The average Bonchev–Trinajstić information content (AvgIpc) is 2.36. The van der Waals surface area contributed by atoms with Crippen molar-refractivity contribution >= 4 is 29.4 Å². The van der Waals surface area contributed by atoms with Gasteiger partial charge in [0.2, 0.25) is 0 Å². The Morgan fingerprint density at radius 1 is 1.53 bits per heavy atom. The van der Waals surface area contributed by atoms with Crippen LogP contribution in [0.1, 0.15) is 6.92 Å². The monoisotopic (exact) mass is 257 g/mol. The molecule has 0 bridgehead atoms. The first-order valence-electron chi connectivity index (χ1n) is 4.84. The van der Waals surface area contributed by atoms with Crippen LogP contribution in [0.5, 0.6) is 0 Å². The summed E-state index contributed by atoms with van der Waals surface area (Å²) in [7, 11) is 1.33. The largest absolute Gasteiger partial charge is 0.467 e. The van der Waals surface area contributed by atoms with Gasteiger partial charge in [-0.25, -0.2) is 20.6 Å². The third kappa shape index (κ3) is 3.75. The van der Waals surface area contributed by atoms with Crippen LogP contribution in [-0.4, -0.2) is 35.3 Å². The van der Waals surface area contributed by atoms with Crippen molar-refractivity contribution in [2.24, 2.45) is 5.84 Å². The van der Waals surface area contributed by atoms with E-state index in [9.17, 15) is 4.79 Å². The highest BCUT2D eigenvalue weighted by Gasteiger charge is 2.14. The van der Waals surface area contributed by atoms with E-state index in [0.717, 1.165) is 0 Å². The fourth-order valence-electron chi connectivity index (χ4n) is 1.12. The molecule has 1 unspecified atom stereocenters. The van der Waals surface area contributed by atoms with E-state index in [1.165, 1.54) is 18.9 Å². The number of esters is 1. The third-order valence-electron chi connectivity index (χ3n) is 1.96. The number of carbonyl (C=O) groups is 1. The quantitative estimate of drug-likeness (QED) is 0.230. The SMILES string of the molecule is COC(=O)C(C)Nc1cc(NN)nc(SC)n1. The molecule has 0 radical (unpaired) electrons. The molecule has 8 heteroatoms. The van der Waals surface area contributed by atoms with Gasteiger partial charge < -0.3 is 15.5 Å². The number of anilines is 2. The van der Waals surface area contributed by atoms with Gasteiger partial charge in [0.05, 0.1) is 7.11 Å². The first-order valence-corrected chi connectivity index (χ1v) is 6.07. The fourth-order valence-corrected chi connectivity index (χ4v) is 1.50. The van der Waals surface area contributed by atoms with Gasteiger partial charge in [-0.05, 0) is 13.2 Å². The zero-order valence-corrected chi connectivity index (χ0v) is 10.7. The molecule has 0 saturated heterocycles. The van der Waals surface area contributed by atoms with Gasteiger partial charge in [0.15, 0.2) is 5.16 Å². The van der Waals surface area contributed by atoms with E-state index < -0.39 is 6.04 Å². The van der Waals surface area contributed by atoms with Gasteiger partial charge in [-0.15, -0.1) is 0 Å². The van der Waals surface area contributed by atoms with Crippen LogP contribution >= 0.6 is 11.8 Å². The van der Waals surface area contributed by atoms with E-state index in [-0.39, 0.29) is 5.97 Å². The van der Waals surface area contributed by atoms with Crippen LogP contribution in [0.4, 0.5) is 11.6 Å². The number of ether oxygens (including phenoxy) is 1. The molecule has 0 spiro atoms. The van der Waals surface area contributed by atoms with Crippen LogP contribution in [-0.2, 0) is 9.53 Å². The maximum atomic E-state index is 11.3. The molecular weight excluding hydrogens is 242 g/mol. The summed E-state index contributed by atoms with van der Waals surface area (Å²) >= 11 is 1.38. The Hall–Kier alpha value is -1.54. The van der Waals surface area contributed by atoms with Crippen LogP contribution in [0, 0.1) is 0 Å². The molecule has 94 valence electrons. The number of hydrogen-bond donors (Lipinski definition) is 3. The normalized spacial score (nSPS) is 11.8. The Bertz CT molecular complexity index is 379. The number of rotatable bonds is 5. The molecule has 1 atom stereocenters. The minimum absolute atomic E-state index is 0.364. The lowest BCUT2D eigenvalue weighted by Gasteiger charge is -2.13. The Kier molecular flexibility index (Phi) is 4.98. The molecule has 4 N–H and O–H groups in total. The van der Waals surface area contributed by atoms with Gasteiger partial charge in [0.1, 0.15) is 17.7 Å². The Balaban J connectivity index is 2.86. The molecule has 0 amide bonds. The number of nitrogen functional groups attached to an aromatic ring is 1. The minimum atomic E-state index is -0.491. The molecule has 1 heterocycles. The smallest absolute Gasteiger partial charge is 0.328 e. The van der Waals surface area contributed by atoms with E-state index in [2.05, 4.69) is 25.4 Å². The number of carbonyl (C=O) groups excluding carboxylic acids is 1. The molecule has 1 rings (SSSR count). The second-order valence-electron chi connectivity index (χ2n) is 3.16. The highest BCUT2D eigenvalue weighted by Crippen LogP contribution is 2.17. The first-order chi connectivity index (χ1) is 8.10. The topological polar surface area (TPSA) is 102 Å². The first kappa shape index (κ1) is 13.5. The summed E-state index contributed by atoms with van der Waals surface area (Å²) < 4.78 is 4.61. The van der Waals surface area contributed by atoms with Crippen molar-refractivity contribution in [3.63, 3.8) is 0 Å². The molecule has 7 nitrogen and oxygen atoms in total. The van der Waals surface area contributed by atoms with Gasteiger partial charge in [0, 0.05) is 6.07 Å². The summed E-state index contributed by atoms with van der Waals surface area (Å²) in [4.78, 5) is 19.5. The molecule has 0 aliphatic carbocycles. The van der Waals surface area contributed by atoms with Crippen LogP contribution in [0.3, 0.4) is 0 Å². The number of methoxy groups -OCH3 is 1. The summed E-state index contributed by atoms with van der Waals surface area (Å²) in [5.41, 5.74) is 2.44. The van der Waals surface area contributed by atoms with Gasteiger partial charge in [0.25, 0.3) is 0 Å². The van der Waals surface area contributed by atoms with E-state index in [1.54, 1.807) is 13.0 Å². The maximum Gasteiger partial charge on any atom is 0.328 e. The molecule has 1 aromatic rings. The van der Waals surface area contributed by atoms with Gasteiger partial charge in [-0.3, -0.25) is 0 Å². The van der Waals surface area contributed by atoms with Crippen molar-refractivity contribution in [2.45, 2.75) is 18.1 Å². The Morgan fingerprint density at radius 2 is 2.18 bits per heavy atom. The van der Waals surface area contributed by atoms with Crippen LogP contribution in [0.2, 0.25) is 0 Å². The van der Waals surface area contributed by atoms with E-state index in [1.807, 2.05) is 6.26 Å². The van der Waals surface area contributed by atoms with Gasteiger partial charge in [-0.1, -0.05) is 11.8 Å². The number of nitrogens with two attached hydrogens (primary N) is 1. The third-order valence-corrected chi connectivity index (χ3v) is 2.50. The number of aromatic nitrogens is 2. The number of nitrogens with one attached hydrogen (secondary N) is 2. The number of hydrazine groups is 1. The fraction of sp³-hybridized carbons (Fsp3) is 0.444. The second kappa shape index (κ2) is 6.26. The summed E-state index contributed by atoms with van der Waals surface area (Å²) in [5, 5.41) is 3.46. The number of hydrogen-bond acceptors (Lipinski definition) is 8. The maximum absolute atomic E-state index is 11.3. The zero-order chi connectivity index (χ0) is 12.8. The zero-order valence-electron chi connectivity index (χ0n) is 9.85. The standard InChI is InChI=1S/C9H15N5O2S/c1-5(8(15)16-2)11-6-4-7(14-10)13-9(12-6)17-3/h4-5H,10H2,1-3H3,(H2,11,12,13,14). The van der Waals surface area contributed by atoms with Crippen LogP contribution < -0.4 is 16.6 Å². The van der Waals surface area contributed by atoms with Crippen molar-refractivity contribution in [1.29, 1.82) is 0 Å². The summed E-state index contributed by atoms with van der Waals surface area (Å²) in [6.07, 6.45) is 1.85. The molecule has 0 aliphatic heterocycles. The lowest BCUT2D eigenvalue weighted by atomic mass is 10.3. The van der Waals surface area contributed by atoms with Crippen molar-refractivity contribution in [3.8, 4) is 0 Å². The molecule has 1 aromatic heterocycles. The van der Waals surface area contributed by atoms with Crippen molar-refractivity contribution in [3.05, 3.63) is 6.07 Å². The van der Waals surface area contributed by atoms with Crippen molar-refractivity contribution in [1.82, 2.24) is 9.97 Å². The predicted octanol–water partition coefficient (Wildman–Crippen LogP) is 0.457. The highest BCUT2D eigenvalue weighted by atomic mass is 32.2. The number of nitrogens with zero attached hydrogens (tertiary/aromatic N) is 2. The van der Waals surface area contributed by atoms with Crippen molar-refractivity contribution < 1.29 is 9.53 Å². The molecular formula is C9H15N5O2S. The van der Waals surface area contributed by atoms with Crippen molar-refractivity contribution in [2.75, 3.05) is 24.1 Å². The van der Waals surface area contributed by atoms with E-state index >= 15 is 0 Å². The molecule has 0 fully saturated rings. The lowest BCUT2D eigenvalue weighted by Crippen LogP contribution is -2.27. The molecule has 0 aliphatic rings.